The predicted molar refractivity (Wildman–Crippen MR) is 100 cm³/mol. The van der Waals surface area contributed by atoms with Crippen LogP contribution in [-0.2, 0) is 0 Å². The van der Waals surface area contributed by atoms with Crippen LogP contribution in [0.4, 0.5) is 0 Å². The molecule has 0 bridgehead atoms. The zero-order valence-corrected chi connectivity index (χ0v) is 15.9. The van der Waals surface area contributed by atoms with Gasteiger partial charge in [0.15, 0.2) is 0 Å². The third kappa shape index (κ3) is 2.66. The molecule has 2 aromatic heterocycles. The number of aromatic hydroxyl groups is 1. The molecule has 2 heterocycles. The van der Waals surface area contributed by atoms with E-state index in [1.165, 1.54) is 22.2 Å². The average Bonchev–Trinajstić information content (AvgIpc) is 2.78. The molecule has 1 aromatic carbocycles. The zero-order valence-electron chi connectivity index (χ0n) is 15.9. The Kier molecular flexibility index (Phi) is 4.97. The van der Waals surface area contributed by atoms with Crippen LogP contribution in [0.5, 0.6) is 5.75 Å². The number of benzene rings is 1. The first kappa shape index (κ1) is 18.0. The molecular weight excluding hydrogens is 298 g/mol. The molecule has 0 saturated heterocycles. The van der Waals surface area contributed by atoms with E-state index >= 15 is 0 Å². The molecule has 0 amide bonds. The molecule has 1 N–H and O–H groups in total. The number of aryl methyl sites for hydroxylation is 6. The average molecular weight is 325 g/mol. The van der Waals surface area contributed by atoms with Gasteiger partial charge in [-0.25, -0.2) is 0 Å². The fourth-order valence-electron chi connectivity index (χ4n) is 3.59. The van der Waals surface area contributed by atoms with Crippen LogP contribution < -0.4 is 0 Å². The summed E-state index contributed by atoms with van der Waals surface area (Å²) in [5, 5.41) is 20.7. The van der Waals surface area contributed by atoms with Crippen LogP contribution in [0.2, 0.25) is 0 Å². The molecule has 4 heteroatoms. The molecule has 0 aliphatic heterocycles. The van der Waals surface area contributed by atoms with E-state index < -0.39 is 0 Å². The Morgan fingerprint density at radius 2 is 1.12 bits per heavy atom. The number of phenolic OH excluding ortho intramolecular Hbond substituents is 1. The van der Waals surface area contributed by atoms with Gasteiger partial charge in [0.05, 0.1) is 17.1 Å². The molecule has 0 spiro atoms. The molecule has 0 unspecified atom stereocenters. The summed E-state index contributed by atoms with van der Waals surface area (Å²) in [6, 6.07) is 3.62. The van der Waals surface area contributed by atoms with E-state index in [2.05, 4.69) is 28.6 Å². The third-order valence-electron chi connectivity index (χ3n) is 4.42. The van der Waals surface area contributed by atoms with Crippen molar-refractivity contribution in [3.8, 4) is 11.4 Å². The van der Waals surface area contributed by atoms with Crippen molar-refractivity contribution in [1.82, 2.24) is 14.8 Å². The highest BCUT2D eigenvalue weighted by molar-refractivity contribution is 5.92. The van der Waals surface area contributed by atoms with E-state index in [-0.39, 0.29) is 0 Å². The van der Waals surface area contributed by atoms with E-state index in [4.69, 9.17) is 0 Å². The number of aromatic nitrogens is 3. The molecule has 0 fully saturated rings. The molecule has 4 nitrogen and oxygen atoms in total. The maximum Gasteiger partial charge on any atom is 0.116 e. The number of rotatable bonds is 1. The van der Waals surface area contributed by atoms with E-state index in [9.17, 15) is 5.11 Å². The lowest BCUT2D eigenvalue weighted by molar-refractivity contribution is 0.474. The highest BCUT2D eigenvalue weighted by Gasteiger charge is 2.19. The first-order valence-electron chi connectivity index (χ1n) is 8.45. The summed E-state index contributed by atoms with van der Waals surface area (Å²) in [5.74, 6) is 0.307. The van der Waals surface area contributed by atoms with Gasteiger partial charge in [-0.05, 0) is 64.8 Å². The van der Waals surface area contributed by atoms with Gasteiger partial charge in [-0.3, -0.25) is 0 Å². The van der Waals surface area contributed by atoms with Crippen LogP contribution in [0.25, 0.3) is 16.5 Å². The minimum absolute atomic E-state index is 0.307. The fraction of sp³-hybridized carbons (Fsp3) is 0.400. The first-order valence-corrected chi connectivity index (χ1v) is 8.45. The normalized spacial score (nSPS) is 10.7. The van der Waals surface area contributed by atoms with Gasteiger partial charge in [-0.15, -0.1) is 0 Å². The lowest BCUT2D eigenvalue weighted by atomic mass is 10.1. The van der Waals surface area contributed by atoms with E-state index in [1.807, 2.05) is 53.7 Å². The summed E-state index contributed by atoms with van der Waals surface area (Å²) in [7, 11) is 0. The Labute approximate surface area is 144 Å². The second kappa shape index (κ2) is 6.63. The van der Waals surface area contributed by atoms with E-state index in [0.29, 0.717) is 5.75 Å². The Bertz CT molecular complexity index is 839. The number of hydrogen-bond acceptors (Lipinski definition) is 3. The van der Waals surface area contributed by atoms with Gasteiger partial charge in [-0.2, -0.15) is 10.2 Å². The van der Waals surface area contributed by atoms with Crippen LogP contribution in [0.1, 0.15) is 47.8 Å². The van der Waals surface area contributed by atoms with Crippen LogP contribution >= 0.6 is 0 Å². The second-order valence-electron chi connectivity index (χ2n) is 6.06. The molecule has 3 aromatic rings. The molecule has 0 aliphatic carbocycles. The Morgan fingerprint density at radius 1 is 0.750 bits per heavy atom. The fourth-order valence-corrected chi connectivity index (χ4v) is 3.59. The zero-order chi connectivity index (χ0) is 18.2. The quantitative estimate of drug-likeness (QED) is 0.685. The van der Waals surface area contributed by atoms with Crippen molar-refractivity contribution in [2.45, 2.75) is 55.4 Å². The smallest absolute Gasteiger partial charge is 0.116 e. The number of phenols is 1. The highest BCUT2D eigenvalue weighted by atomic mass is 16.3. The maximum atomic E-state index is 9.80. The summed E-state index contributed by atoms with van der Waals surface area (Å²) in [5.41, 5.74) is 7.48. The van der Waals surface area contributed by atoms with Crippen molar-refractivity contribution in [3.63, 3.8) is 0 Å². The van der Waals surface area contributed by atoms with Crippen LogP contribution in [0.3, 0.4) is 0 Å². The monoisotopic (exact) mass is 325 g/mol. The maximum absolute atomic E-state index is 9.80. The summed E-state index contributed by atoms with van der Waals surface area (Å²) in [4.78, 5) is 0. The van der Waals surface area contributed by atoms with Crippen molar-refractivity contribution in [3.05, 3.63) is 46.0 Å². The second-order valence-corrected chi connectivity index (χ2v) is 6.06. The Hall–Kier alpha value is -2.36. The lowest BCUT2D eigenvalue weighted by Gasteiger charge is -2.16. The molecule has 0 aliphatic rings. The van der Waals surface area contributed by atoms with Crippen LogP contribution in [-0.4, -0.2) is 19.9 Å². The molecule has 0 saturated carbocycles. The van der Waals surface area contributed by atoms with Crippen LogP contribution in [0.15, 0.2) is 12.1 Å². The predicted octanol–water partition coefficient (Wildman–Crippen LogP) is 5.00. The SMILES string of the molecule is CC.Cc1cc(O)cc(C)c1-n1c(C)c2c(C)nnc(C)c2c1C. The van der Waals surface area contributed by atoms with E-state index in [1.54, 1.807) is 0 Å². The minimum atomic E-state index is 0.307. The van der Waals surface area contributed by atoms with Crippen molar-refractivity contribution < 1.29 is 5.11 Å². The molecule has 3 rings (SSSR count). The van der Waals surface area contributed by atoms with Gasteiger partial charge in [0.2, 0.25) is 0 Å². The Balaban J connectivity index is 0.00000100. The number of hydrogen-bond donors (Lipinski definition) is 1. The molecule has 0 atom stereocenters. The van der Waals surface area contributed by atoms with Crippen molar-refractivity contribution in [2.75, 3.05) is 0 Å². The van der Waals surface area contributed by atoms with Gasteiger partial charge in [-0.1, -0.05) is 13.8 Å². The van der Waals surface area contributed by atoms with Crippen molar-refractivity contribution in [1.29, 1.82) is 0 Å². The Morgan fingerprint density at radius 3 is 1.50 bits per heavy atom. The van der Waals surface area contributed by atoms with Gasteiger partial charge in [0, 0.05) is 22.2 Å². The van der Waals surface area contributed by atoms with E-state index in [0.717, 1.165) is 28.2 Å². The largest absolute Gasteiger partial charge is 0.508 e. The van der Waals surface area contributed by atoms with Gasteiger partial charge < -0.3 is 9.67 Å². The third-order valence-corrected chi connectivity index (χ3v) is 4.42. The van der Waals surface area contributed by atoms with Crippen molar-refractivity contribution >= 4 is 10.8 Å². The minimum Gasteiger partial charge on any atom is -0.508 e. The summed E-state index contributed by atoms with van der Waals surface area (Å²) < 4.78 is 2.26. The van der Waals surface area contributed by atoms with Gasteiger partial charge in [0.25, 0.3) is 0 Å². The molecular formula is C20H27N3O. The molecule has 128 valence electrons. The topological polar surface area (TPSA) is 50.9 Å². The van der Waals surface area contributed by atoms with Crippen molar-refractivity contribution in [2.24, 2.45) is 0 Å². The first-order chi connectivity index (χ1) is 11.3. The molecule has 24 heavy (non-hydrogen) atoms. The van der Waals surface area contributed by atoms with Gasteiger partial charge >= 0.3 is 0 Å². The summed E-state index contributed by atoms with van der Waals surface area (Å²) in [6.45, 7) is 16.3. The summed E-state index contributed by atoms with van der Waals surface area (Å²) >= 11 is 0. The standard InChI is InChI=1S/C18H21N3O.C2H6/c1-9-7-15(22)8-10(2)18(9)21-13(5)16-11(3)19-20-12(4)17(16)14(21)6;1-2/h7-8,22H,1-6H3;1-2H3. The highest BCUT2D eigenvalue weighted by Crippen LogP contribution is 2.34. The lowest BCUT2D eigenvalue weighted by Crippen LogP contribution is -2.04. The van der Waals surface area contributed by atoms with Gasteiger partial charge in [0.1, 0.15) is 5.75 Å². The number of fused-ring (bicyclic) bond motifs is 1. The molecule has 0 radical (unpaired) electrons. The van der Waals surface area contributed by atoms with Crippen LogP contribution in [0, 0.1) is 41.5 Å². The summed E-state index contributed by atoms with van der Waals surface area (Å²) in [6.07, 6.45) is 0. The number of nitrogens with zero attached hydrogens (tertiary/aromatic N) is 3.